The van der Waals surface area contributed by atoms with Gasteiger partial charge in [0.2, 0.25) is 0 Å². The number of benzene rings is 1. The van der Waals surface area contributed by atoms with Crippen LogP contribution in [0.1, 0.15) is 62.2 Å². The molecule has 0 spiro atoms. The molecule has 14 heteroatoms. The number of carbonyl (C=O) groups is 2. The number of anilines is 1. The van der Waals surface area contributed by atoms with E-state index < -0.39 is 35.4 Å². The zero-order valence-corrected chi connectivity index (χ0v) is 20.6. The number of carbonyl (C=O) groups excluding carboxylic acids is 2. The summed E-state index contributed by atoms with van der Waals surface area (Å²) in [6.45, 7) is 1.59. The molecule has 3 N–H and O–H groups in total. The number of thiazole rings is 1. The lowest BCUT2D eigenvalue weighted by molar-refractivity contribution is -0.139. The van der Waals surface area contributed by atoms with Crippen LogP contribution in [0.25, 0.3) is 0 Å². The van der Waals surface area contributed by atoms with Crippen LogP contribution < -0.4 is 10.6 Å². The number of aliphatic hydroxyl groups is 1. The van der Waals surface area contributed by atoms with Crippen molar-refractivity contribution in [1.82, 2.24) is 20.3 Å². The van der Waals surface area contributed by atoms with Gasteiger partial charge in [0.15, 0.2) is 5.69 Å². The number of halogens is 5. The molecule has 1 unspecified atom stereocenters. The van der Waals surface area contributed by atoms with Crippen molar-refractivity contribution in [1.29, 1.82) is 0 Å². The van der Waals surface area contributed by atoms with Crippen molar-refractivity contribution in [2.24, 2.45) is 0 Å². The second kappa shape index (κ2) is 12.1. The summed E-state index contributed by atoms with van der Waals surface area (Å²) in [5, 5.41) is 14.0. The smallest absolute Gasteiger partial charge is 0.396 e. The molecule has 0 aliphatic heterocycles. The fraction of sp³-hybridized carbons (Fsp3) is 0.261. The number of aromatic nitrogens is 3. The maximum atomic E-state index is 13.5. The first-order valence-corrected chi connectivity index (χ1v) is 11.8. The van der Waals surface area contributed by atoms with Gasteiger partial charge in [-0.25, -0.2) is 19.3 Å². The van der Waals surface area contributed by atoms with Gasteiger partial charge in [-0.15, -0.1) is 11.3 Å². The highest BCUT2D eigenvalue weighted by molar-refractivity contribution is 7.13. The van der Waals surface area contributed by atoms with E-state index in [-0.39, 0.29) is 33.6 Å². The third-order valence-corrected chi connectivity index (χ3v) is 6.20. The van der Waals surface area contributed by atoms with Crippen LogP contribution in [0.15, 0.2) is 30.7 Å². The molecule has 2 aromatic heterocycles. The predicted molar refractivity (Wildman–Crippen MR) is 128 cm³/mol. The molecule has 2 amide bonds. The van der Waals surface area contributed by atoms with Gasteiger partial charge >= 0.3 is 6.18 Å². The van der Waals surface area contributed by atoms with Crippen LogP contribution in [-0.4, -0.2) is 38.5 Å². The van der Waals surface area contributed by atoms with Crippen LogP contribution in [0.4, 0.5) is 23.2 Å². The summed E-state index contributed by atoms with van der Waals surface area (Å²) >= 11 is 7.12. The van der Waals surface area contributed by atoms with Gasteiger partial charge in [-0.2, -0.15) is 13.2 Å². The van der Waals surface area contributed by atoms with E-state index in [9.17, 15) is 27.2 Å². The third-order valence-electron chi connectivity index (χ3n) is 4.67. The first-order chi connectivity index (χ1) is 17.5. The Balaban J connectivity index is 1.68. The van der Waals surface area contributed by atoms with Crippen molar-refractivity contribution in [2.75, 3.05) is 11.9 Å². The lowest BCUT2D eigenvalue weighted by Gasteiger charge is -2.12. The van der Waals surface area contributed by atoms with E-state index in [0.717, 1.165) is 23.7 Å². The topological polar surface area (TPSA) is 117 Å². The Morgan fingerprint density at radius 2 is 1.97 bits per heavy atom. The van der Waals surface area contributed by atoms with Crippen LogP contribution in [0, 0.1) is 17.7 Å². The molecule has 0 fully saturated rings. The molecule has 1 aromatic carbocycles. The summed E-state index contributed by atoms with van der Waals surface area (Å²) in [5.74, 6) is 2.63. The molecule has 37 heavy (non-hydrogen) atoms. The minimum atomic E-state index is -4.92. The van der Waals surface area contributed by atoms with Crippen LogP contribution in [0.2, 0.25) is 5.02 Å². The van der Waals surface area contributed by atoms with Gasteiger partial charge in [0.05, 0.1) is 17.8 Å². The van der Waals surface area contributed by atoms with E-state index in [0.29, 0.717) is 30.0 Å². The average molecular weight is 556 g/mol. The molecule has 3 aromatic rings. The number of rotatable bonds is 7. The first kappa shape index (κ1) is 28.0. The zero-order valence-electron chi connectivity index (χ0n) is 19.0. The Morgan fingerprint density at radius 3 is 2.68 bits per heavy atom. The maximum Gasteiger partial charge on any atom is 0.419 e. The number of nitrogens with zero attached hydrogens (tertiary/aromatic N) is 3. The van der Waals surface area contributed by atoms with E-state index in [1.54, 1.807) is 6.92 Å². The van der Waals surface area contributed by atoms with Gasteiger partial charge in [0.1, 0.15) is 32.7 Å². The Kier molecular flexibility index (Phi) is 9.14. The molecular formula is C23H18ClF4N5O3S. The summed E-state index contributed by atoms with van der Waals surface area (Å²) in [4.78, 5) is 37.2. The fourth-order valence-electron chi connectivity index (χ4n) is 2.86. The lowest BCUT2D eigenvalue weighted by Crippen LogP contribution is -2.28. The minimum Gasteiger partial charge on any atom is -0.396 e. The van der Waals surface area contributed by atoms with E-state index in [2.05, 4.69) is 37.4 Å². The van der Waals surface area contributed by atoms with Gasteiger partial charge in [-0.1, -0.05) is 17.5 Å². The number of nitrogens with one attached hydrogen (secondary N) is 2. The lowest BCUT2D eigenvalue weighted by atomic mass is 10.2. The van der Waals surface area contributed by atoms with E-state index >= 15 is 0 Å². The molecule has 0 bridgehead atoms. The molecule has 0 saturated carbocycles. The summed E-state index contributed by atoms with van der Waals surface area (Å²) in [6, 6.07) is 1.42. The fourth-order valence-corrected chi connectivity index (χ4v) is 3.91. The summed E-state index contributed by atoms with van der Waals surface area (Å²) in [7, 11) is 0. The minimum absolute atomic E-state index is 0.0108. The number of aliphatic hydroxyl groups excluding tert-OH is 1. The Morgan fingerprint density at radius 1 is 1.22 bits per heavy atom. The third kappa shape index (κ3) is 7.22. The number of unbranched alkanes of at least 4 members (excludes halogenated alkanes) is 1. The van der Waals surface area contributed by atoms with E-state index in [1.807, 2.05) is 0 Å². The summed E-state index contributed by atoms with van der Waals surface area (Å²) < 4.78 is 52.2. The zero-order chi connectivity index (χ0) is 27.2. The van der Waals surface area contributed by atoms with Crippen LogP contribution in [-0.2, 0) is 6.18 Å². The second-order valence-electron chi connectivity index (χ2n) is 7.42. The Labute approximate surface area is 217 Å². The van der Waals surface area contributed by atoms with Gasteiger partial charge in [0.25, 0.3) is 11.8 Å². The Hall–Kier alpha value is -3.60. The van der Waals surface area contributed by atoms with Gasteiger partial charge in [-0.3, -0.25) is 9.59 Å². The molecule has 1 atom stereocenters. The van der Waals surface area contributed by atoms with E-state index in [4.69, 9.17) is 16.7 Å². The maximum absolute atomic E-state index is 13.5. The first-order valence-electron chi connectivity index (χ1n) is 10.6. The molecule has 2 heterocycles. The summed E-state index contributed by atoms with van der Waals surface area (Å²) in [5.41, 5.74) is -1.73. The molecule has 8 nitrogen and oxygen atoms in total. The van der Waals surface area contributed by atoms with Crippen molar-refractivity contribution in [3.8, 4) is 11.8 Å². The molecule has 0 saturated heterocycles. The normalized spacial score (nSPS) is 11.9. The van der Waals surface area contributed by atoms with Crippen LogP contribution >= 0.6 is 22.9 Å². The SMILES string of the molecule is CC(NC(=O)c1ncnc(C#CCCCO)c1Cl)c1ncc(C(=O)Nc2ccc(F)c(C(F)(F)F)c2)s1. The highest BCUT2D eigenvalue weighted by atomic mass is 35.5. The standard InChI is InChI=1S/C23H18ClF4N5O3S/c1-12(32-21(36)19-18(24)16(30-11-31-19)5-3-2-4-8-34)22-29-10-17(37-22)20(35)33-13-6-7-15(25)14(9-13)23(26,27)28/h6-7,9-12,34H,2,4,8H2,1H3,(H,32,36)(H,33,35). The van der Waals surface area contributed by atoms with Crippen molar-refractivity contribution in [3.05, 3.63) is 68.4 Å². The van der Waals surface area contributed by atoms with Crippen LogP contribution in [0.5, 0.6) is 0 Å². The van der Waals surface area contributed by atoms with Gasteiger partial charge < -0.3 is 15.7 Å². The average Bonchev–Trinajstić information content (AvgIpc) is 3.34. The van der Waals surface area contributed by atoms with Crippen molar-refractivity contribution in [2.45, 2.75) is 32.0 Å². The number of alkyl halides is 3. The highest BCUT2D eigenvalue weighted by Crippen LogP contribution is 2.33. The number of hydrogen-bond donors (Lipinski definition) is 3. The molecular weight excluding hydrogens is 538 g/mol. The molecule has 3 rings (SSSR count). The molecule has 194 valence electrons. The predicted octanol–water partition coefficient (Wildman–Crippen LogP) is 4.61. The largest absolute Gasteiger partial charge is 0.419 e. The quantitative estimate of drug-likeness (QED) is 0.223. The van der Waals surface area contributed by atoms with Crippen molar-refractivity contribution < 1.29 is 32.3 Å². The van der Waals surface area contributed by atoms with Crippen LogP contribution in [0.3, 0.4) is 0 Å². The molecule has 0 radical (unpaired) electrons. The monoisotopic (exact) mass is 555 g/mol. The van der Waals surface area contributed by atoms with Crippen molar-refractivity contribution in [3.63, 3.8) is 0 Å². The second-order valence-corrected chi connectivity index (χ2v) is 8.86. The summed E-state index contributed by atoms with van der Waals surface area (Å²) in [6.07, 6.45) is -1.69. The molecule has 0 aliphatic rings. The number of hydrogen-bond acceptors (Lipinski definition) is 7. The Bertz CT molecular complexity index is 1370. The highest BCUT2D eigenvalue weighted by Gasteiger charge is 2.34. The number of amides is 2. The van der Waals surface area contributed by atoms with Gasteiger partial charge in [0, 0.05) is 18.7 Å². The molecule has 0 aliphatic carbocycles. The van der Waals surface area contributed by atoms with Crippen molar-refractivity contribution >= 4 is 40.4 Å². The van der Waals surface area contributed by atoms with E-state index in [1.165, 1.54) is 6.20 Å². The van der Waals surface area contributed by atoms with Gasteiger partial charge in [-0.05, 0) is 37.5 Å².